The molecule has 0 atom stereocenters. The van der Waals surface area contributed by atoms with Crippen LogP contribution in [0.2, 0.25) is 0 Å². The molecule has 0 radical (unpaired) electrons. The van der Waals surface area contributed by atoms with Crippen molar-refractivity contribution in [3.63, 3.8) is 0 Å². The second-order valence-electron chi connectivity index (χ2n) is 3.16. The lowest BCUT2D eigenvalue weighted by Crippen LogP contribution is -1.98. The predicted molar refractivity (Wildman–Crippen MR) is 53.3 cm³/mol. The molecule has 78 valence electrons. The maximum absolute atomic E-state index is 10.5. The summed E-state index contributed by atoms with van der Waals surface area (Å²) in [5.41, 5.74) is 1.22. The number of non-ortho nitro benzene ring substituents is 1. The Morgan fingerprint density at radius 3 is 2.93 bits per heavy atom. The van der Waals surface area contributed by atoms with Crippen LogP contribution >= 0.6 is 0 Å². The van der Waals surface area contributed by atoms with Crippen molar-refractivity contribution in [3.05, 3.63) is 34.1 Å². The van der Waals surface area contributed by atoms with E-state index < -0.39 is 4.92 Å². The number of aliphatic hydroxyl groups excluding tert-OH is 1. The number of hydrogen-bond acceptors (Lipinski definition) is 4. The monoisotopic (exact) mass is 207 g/mol. The molecule has 1 heterocycles. The zero-order valence-corrected chi connectivity index (χ0v) is 8.04. The first-order valence-corrected chi connectivity index (χ1v) is 4.35. The van der Waals surface area contributed by atoms with Gasteiger partial charge in [-0.1, -0.05) is 0 Å². The minimum Gasteiger partial charge on any atom is -0.376 e. The van der Waals surface area contributed by atoms with Crippen molar-refractivity contribution < 1.29 is 10.0 Å². The number of rotatable bonds is 2. The first kappa shape index (κ1) is 9.60. The molecule has 0 unspecified atom stereocenters. The van der Waals surface area contributed by atoms with E-state index in [9.17, 15) is 10.1 Å². The van der Waals surface area contributed by atoms with Crippen molar-refractivity contribution in [2.24, 2.45) is 0 Å². The summed E-state index contributed by atoms with van der Waals surface area (Å²) in [5, 5.41) is 19.6. The molecule has 0 aliphatic rings. The molecule has 6 nitrogen and oxygen atoms in total. The first-order chi connectivity index (χ1) is 7.13. The normalized spacial score (nSPS) is 10.8. The highest BCUT2D eigenvalue weighted by atomic mass is 16.6. The lowest BCUT2D eigenvalue weighted by Gasteiger charge is -1.99. The van der Waals surface area contributed by atoms with Crippen LogP contribution in [0.3, 0.4) is 0 Å². The van der Waals surface area contributed by atoms with Crippen LogP contribution in [-0.2, 0) is 6.73 Å². The number of aromatic nitrogens is 2. The van der Waals surface area contributed by atoms with Crippen LogP contribution in [0, 0.1) is 17.0 Å². The van der Waals surface area contributed by atoms with Crippen LogP contribution in [0.5, 0.6) is 0 Å². The van der Waals surface area contributed by atoms with Gasteiger partial charge in [-0.05, 0) is 13.0 Å². The van der Waals surface area contributed by atoms with E-state index in [1.54, 1.807) is 17.6 Å². The van der Waals surface area contributed by atoms with E-state index in [1.807, 2.05) is 0 Å². The zero-order valence-electron chi connectivity index (χ0n) is 8.04. The van der Waals surface area contributed by atoms with Crippen LogP contribution in [0.25, 0.3) is 11.0 Å². The van der Waals surface area contributed by atoms with Crippen molar-refractivity contribution in [3.8, 4) is 0 Å². The predicted octanol–water partition coefficient (Wildman–Crippen LogP) is 1.20. The standard InChI is InChI=1S/C9H9N3O3/c1-6-10-8-4-7(12(14)15)2-3-9(8)11(6)5-13/h2-4,13H,5H2,1H3. The smallest absolute Gasteiger partial charge is 0.271 e. The topological polar surface area (TPSA) is 81.2 Å². The van der Waals surface area contributed by atoms with Crippen LogP contribution in [0.1, 0.15) is 5.82 Å². The third-order valence-corrected chi connectivity index (χ3v) is 2.27. The molecule has 15 heavy (non-hydrogen) atoms. The van der Waals surface area contributed by atoms with E-state index in [0.29, 0.717) is 16.9 Å². The third-order valence-electron chi connectivity index (χ3n) is 2.27. The third kappa shape index (κ3) is 1.44. The van der Waals surface area contributed by atoms with E-state index in [4.69, 9.17) is 5.11 Å². The average molecular weight is 207 g/mol. The largest absolute Gasteiger partial charge is 0.376 e. The first-order valence-electron chi connectivity index (χ1n) is 4.35. The van der Waals surface area contributed by atoms with Gasteiger partial charge in [0, 0.05) is 12.1 Å². The number of hydrogen-bond donors (Lipinski definition) is 1. The molecule has 0 saturated heterocycles. The molecule has 1 N–H and O–H groups in total. The number of nitrogens with zero attached hydrogens (tertiary/aromatic N) is 3. The maximum Gasteiger partial charge on any atom is 0.271 e. The van der Waals surface area contributed by atoms with Crippen molar-refractivity contribution in [2.45, 2.75) is 13.7 Å². The van der Waals surface area contributed by atoms with Gasteiger partial charge in [0.25, 0.3) is 5.69 Å². The van der Waals surface area contributed by atoms with Crippen molar-refractivity contribution in [1.82, 2.24) is 9.55 Å². The van der Waals surface area contributed by atoms with Gasteiger partial charge in [0.2, 0.25) is 0 Å². The SMILES string of the molecule is Cc1nc2cc([N+](=O)[O-])ccc2n1CO. The van der Waals surface area contributed by atoms with Gasteiger partial charge < -0.3 is 9.67 Å². The van der Waals surface area contributed by atoms with Crippen LogP contribution < -0.4 is 0 Å². The summed E-state index contributed by atoms with van der Waals surface area (Å²) >= 11 is 0. The second kappa shape index (κ2) is 3.32. The Labute approximate surface area is 84.9 Å². The number of nitro benzene ring substituents is 1. The molecular formula is C9H9N3O3. The summed E-state index contributed by atoms with van der Waals surface area (Å²) in [5.74, 6) is 0.632. The van der Waals surface area contributed by atoms with E-state index in [-0.39, 0.29) is 12.4 Å². The lowest BCUT2D eigenvalue weighted by atomic mass is 10.3. The summed E-state index contributed by atoms with van der Waals surface area (Å²) in [6.07, 6.45) is 0. The number of nitro groups is 1. The number of aryl methyl sites for hydroxylation is 1. The number of benzene rings is 1. The van der Waals surface area contributed by atoms with Crippen molar-refractivity contribution in [2.75, 3.05) is 0 Å². The Bertz CT molecular complexity index is 533. The van der Waals surface area contributed by atoms with E-state index in [1.165, 1.54) is 12.1 Å². The Morgan fingerprint density at radius 1 is 1.60 bits per heavy atom. The van der Waals surface area contributed by atoms with Crippen molar-refractivity contribution >= 4 is 16.7 Å². The number of aliphatic hydroxyl groups is 1. The molecule has 0 fully saturated rings. The van der Waals surface area contributed by atoms with Gasteiger partial charge in [0.1, 0.15) is 12.6 Å². The van der Waals surface area contributed by atoms with Gasteiger partial charge in [-0.2, -0.15) is 0 Å². The molecule has 6 heteroatoms. The fraction of sp³-hybridized carbons (Fsp3) is 0.222. The molecular weight excluding hydrogens is 198 g/mol. The molecule has 2 rings (SSSR count). The average Bonchev–Trinajstić information content (AvgIpc) is 2.51. The quantitative estimate of drug-likeness (QED) is 0.592. The van der Waals surface area contributed by atoms with Crippen LogP contribution in [0.4, 0.5) is 5.69 Å². The van der Waals surface area contributed by atoms with Gasteiger partial charge in [-0.25, -0.2) is 4.98 Å². The minimum absolute atomic E-state index is 0.00471. The van der Waals surface area contributed by atoms with E-state index >= 15 is 0 Å². The number of fused-ring (bicyclic) bond motifs is 1. The molecule has 0 saturated carbocycles. The highest BCUT2D eigenvalue weighted by Gasteiger charge is 2.11. The van der Waals surface area contributed by atoms with Gasteiger partial charge in [0.05, 0.1) is 16.0 Å². The number of imidazole rings is 1. The van der Waals surface area contributed by atoms with E-state index in [0.717, 1.165) is 0 Å². The van der Waals surface area contributed by atoms with Crippen LogP contribution in [0.15, 0.2) is 18.2 Å². The molecule has 0 bridgehead atoms. The molecule has 0 spiro atoms. The summed E-state index contributed by atoms with van der Waals surface area (Å²) in [7, 11) is 0. The fourth-order valence-corrected chi connectivity index (χ4v) is 1.53. The van der Waals surface area contributed by atoms with Crippen LogP contribution in [-0.4, -0.2) is 19.6 Å². The molecule has 1 aromatic carbocycles. The highest BCUT2D eigenvalue weighted by molar-refractivity contribution is 5.78. The Morgan fingerprint density at radius 2 is 2.33 bits per heavy atom. The molecule has 1 aromatic heterocycles. The molecule has 0 aliphatic heterocycles. The maximum atomic E-state index is 10.5. The van der Waals surface area contributed by atoms with Gasteiger partial charge >= 0.3 is 0 Å². The zero-order chi connectivity index (χ0) is 11.0. The summed E-state index contributed by atoms with van der Waals surface area (Å²) in [4.78, 5) is 14.2. The summed E-state index contributed by atoms with van der Waals surface area (Å²) in [6.45, 7) is 1.56. The van der Waals surface area contributed by atoms with Crippen molar-refractivity contribution in [1.29, 1.82) is 0 Å². The van der Waals surface area contributed by atoms with Gasteiger partial charge in [0.15, 0.2) is 0 Å². The minimum atomic E-state index is -0.466. The summed E-state index contributed by atoms with van der Waals surface area (Å²) < 4.78 is 1.58. The Hall–Kier alpha value is -1.95. The fourth-order valence-electron chi connectivity index (χ4n) is 1.53. The lowest BCUT2D eigenvalue weighted by molar-refractivity contribution is -0.384. The second-order valence-corrected chi connectivity index (χ2v) is 3.16. The molecule has 0 amide bonds. The summed E-state index contributed by atoms with van der Waals surface area (Å²) in [6, 6.07) is 4.38. The molecule has 0 aliphatic carbocycles. The molecule has 2 aromatic rings. The Kier molecular flexibility index (Phi) is 2.12. The Balaban J connectivity index is 2.69. The van der Waals surface area contributed by atoms with E-state index in [2.05, 4.69) is 4.98 Å². The van der Waals surface area contributed by atoms with Gasteiger partial charge in [-0.15, -0.1) is 0 Å². The highest BCUT2D eigenvalue weighted by Crippen LogP contribution is 2.21. The van der Waals surface area contributed by atoms with Gasteiger partial charge in [-0.3, -0.25) is 10.1 Å².